The van der Waals surface area contributed by atoms with Gasteiger partial charge >= 0.3 is 5.97 Å². The van der Waals surface area contributed by atoms with Crippen molar-refractivity contribution in [3.8, 4) is 5.75 Å². The van der Waals surface area contributed by atoms with Crippen molar-refractivity contribution in [3.63, 3.8) is 0 Å². The van der Waals surface area contributed by atoms with E-state index in [2.05, 4.69) is 0 Å². The Morgan fingerprint density at radius 1 is 0.838 bits per heavy atom. The Morgan fingerprint density at radius 3 is 1.97 bits per heavy atom. The molecule has 0 saturated heterocycles. The predicted molar refractivity (Wildman–Crippen MR) is 130 cm³/mol. The summed E-state index contributed by atoms with van der Waals surface area (Å²) < 4.78 is 63.2. The topological polar surface area (TPSA) is 66.8 Å². The van der Waals surface area contributed by atoms with Gasteiger partial charge in [-0.3, -0.25) is 0 Å². The van der Waals surface area contributed by atoms with Crippen LogP contribution in [0.1, 0.15) is 104 Å². The first-order valence-corrected chi connectivity index (χ1v) is 13.2. The molecular weight excluding hydrogens is 488 g/mol. The van der Waals surface area contributed by atoms with Crippen molar-refractivity contribution < 1.29 is 37.3 Å². The van der Waals surface area contributed by atoms with E-state index < -0.39 is 46.7 Å². The summed E-state index contributed by atoms with van der Waals surface area (Å²) in [6, 6.07) is 5.20. The van der Waals surface area contributed by atoms with E-state index in [1.807, 2.05) is 6.92 Å². The van der Waals surface area contributed by atoms with Crippen LogP contribution in [0, 0.1) is 29.2 Å². The number of halogens is 4. The van der Waals surface area contributed by atoms with E-state index >= 15 is 0 Å². The van der Waals surface area contributed by atoms with Crippen LogP contribution in [0.15, 0.2) is 24.3 Å². The van der Waals surface area contributed by atoms with E-state index in [-0.39, 0.29) is 35.0 Å². The number of rotatable bonds is 7. The minimum atomic E-state index is -1.28. The molecule has 4 nitrogen and oxygen atoms in total. The highest BCUT2D eigenvalue weighted by atomic mass is 19.2. The summed E-state index contributed by atoms with van der Waals surface area (Å²) in [6.07, 6.45) is 5.12. The Kier molecular flexibility index (Phi) is 8.78. The smallest absolute Gasteiger partial charge is 0.341 e. The largest absolute Gasteiger partial charge is 0.505 e. The van der Waals surface area contributed by atoms with E-state index in [1.165, 1.54) is 18.2 Å². The highest BCUT2D eigenvalue weighted by molar-refractivity contribution is 5.90. The SMILES string of the molecule is CCCC(O)C1CCC(c2ccc(C(=O)OC3CCC(c4ccc(O)c(F)c4F)CC3)c(F)c2F)CC1. The van der Waals surface area contributed by atoms with E-state index in [1.54, 1.807) is 0 Å². The summed E-state index contributed by atoms with van der Waals surface area (Å²) in [6.45, 7) is 2.02. The lowest BCUT2D eigenvalue weighted by molar-refractivity contribution is 0.0188. The van der Waals surface area contributed by atoms with Crippen LogP contribution in [0.25, 0.3) is 0 Å². The zero-order chi connectivity index (χ0) is 26.7. The van der Waals surface area contributed by atoms with Crippen LogP contribution in [-0.2, 0) is 4.74 Å². The van der Waals surface area contributed by atoms with Crippen molar-refractivity contribution in [2.24, 2.45) is 5.92 Å². The molecule has 1 unspecified atom stereocenters. The molecule has 4 rings (SSSR count). The van der Waals surface area contributed by atoms with Gasteiger partial charge in [-0.15, -0.1) is 0 Å². The Labute approximate surface area is 214 Å². The molecule has 2 aromatic rings. The van der Waals surface area contributed by atoms with Gasteiger partial charge in [-0.05, 0) is 98.8 Å². The summed E-state index contributed by atoms with van der Waals surface area (Å²) in [5.74, 6) is -6.58. The maximum Gasteiger partial charge on any atom is 0.341 e. The van der Waals surface area contributed by atoms with Crippen LogP contribution in [0.5, 0.6) is 5.75 Å². The number of esters is 1. The van der Waals surface area contributed by atoms with Gasteiger partial charge in [0.2, 0.25) is 5.82 Å². The van der Waals surface area contributed by atoms with Gasteiger partial charge < -0.3 is 14.9 Å². The zero-order valence-electron chi connectivity index (χ0n) is 21.0. The first-order valence-electron chi connectivity index (χ1n) is 13.2. The van der Waals surface area contributed by atoms with Crippen LogP contribution < -0.4 is 0 Å². The molecule has 2 saturated carbocycles. The van der Waals surface area contributed by atoms with Crippen molar-refractivity contribution in [1.82, 2.24) is 0 Å². The highest BCUT2D eigenvalue weighted by Gasteiger charge is 2.32. The van der Waals surface area contributed by atoms with Crippen LogP contribution in [0.3, 0.4) is 0 Å². The molecule has 2 aromatic carbocycles. The Morgan fingerprint density at radius 2 is 1.38 bits per heavy atom. The second kappa shape index (κ2) is 11.8. The molecule has 2 N–H and O–H groups in total. The van der Waals surface area contributed by atoms with Gasteiger partial charge in [0.1, 0.15) is 6.10 Å². The molecule has 0 aromatic heterocycles. The predicted octanol–water partition coefficient (Wildman–Crippen LogP) is 7.27. The number of aromatic hydroxyl groups is 1. The standard InChI is InChI=1S/C29H34F4O4/c1-2-3-23(34)18-6-4-16(5-7-18)20-12-13-22(27(32)25(20)30)29(36)37-19-10-8-17(9-11-19)21-14-15-24(35)28(33)26(21)31/h12-19,23,34-35H,2-11H2,1H3. The molecule has 0 radical (unpaired) electrons. The maximum atomic E-state index is 15.0. The third kappa shape index (κ3) is 5.95. The lowest BCUT2D eigenvalue weighted by Gasteiger charge is -2.32. The van der Waals surface area contributed by atoms with Gasteiger partial charge in [0.05, 0.1) is 11.7 Å². The van der Waals surface area contributed by atoms with Gasteiger partial charge in [0, 0.05) is 0 Å². The van der Waals surface area contributed by atoms with Gasteiger partial charge in [0.15, 0.2) is 23.2 Å². The summed E-state index contributed by atoms with van der Waals surface area (Å²) in [7, 11) is 0. The van der Waals surface area contributed by atoms with Crippen LogP contribution >= 0.6 is 0 Å². The van der Waals surface area contributed by atoms with Crippen molar-refractivity contribution >= 4 is 5.97 Å². The minimum absolute atomic E-state index is 0.162. The number of ether oxygens (including phenoxy) is 1. The van der Waals surface area contributed by atoms with Crippen LogP contribution in [-0.4, -0.2) is 28.4 Å². The van der Waals surface area contributed by atoms with Crippen LogP contribution in [0.2, 0.25) is 0 Å². The molecular formula is C29H34F4O4. The Balaban J connectivity index is 1.34. The molecule has 0 spiro atoms. The Bertz CT molecular complexity index is 1110. The summed E-state index contributed by atoms with van der Waals surface area (Å²) in [5, 5.41) is 19.6. The molecule has 0 heterocycles. The maximum absolute atomic E-state index is 15.0. The van der Waals surface area contributed by atoms with Crippen molar-refractivity contribution in [2.45, 2.75) is 95.2 Å². The van der Waals surface area contributed by atoms with E-state index in [9.17, 15) is 32.6 Å². The number of hydrogen-bond acceptors (Lipinski definition) is 4. The summed E-state index contributed by atoms with van der Waals surface area (Å²) in [4.78, 5) is 12.6. The molecule has 202 valence electrons. The number of carbonyl (C=O) groups excluding carboxylic acids is 1. The molecule has 37 heavy (non-hydrogen) atoms. The average molecular weight is 523 g/mol. The second-order valence-corrected chi connectivity index (χ2v) is 10.5. The number of aliphatic hydroxyl groups is 1. The molecule has 0 aliphatic heterocycles. The van der Waals surface area contributed by atoms with Crippen molar-refractivity contribution in [1.29, 1.82) is 0 Å². The van der Waals surface area contributed by atoms with Crippen LogP contribution in [0.4, 0.5) is 17.6 Å². The van der Waals surface area contributed by atoms with Gasteiger partial charge in [0.25, 0.3) is 0 Å². The number of hydrogen-bond donors (Lipinski definition) is 2. The van der Waals surface area contributed by atoms with Crippen molar-refractivity contribution in [2.75, 3.05) is 0 Å². The fraction of sp³-hybridized carbons (Fsp3) is 0.552. The minimum Gasteiger partial charge on any atom is -0.505 e. The fourth-order valence-corrected chi connectivity index (χ4v) is 5.96. The molecule has 2 aliphatic rings. The van der Waals surface area contributed by atoms with Gasteiger partial charge in [-0.1, -0.05) is 25.5 Å². The molecule has 1 atom stereocenters. The number of benzene rings is 2. The quantitative estimate of drug-likeness (QED) is 0.297. The third-order valence-electron chi connectivity index (χ3n) is 8.15. The Hall–Kier alpha value is -2.61. The number of phenols is 1. The molecule has 8 heteroatoms. The fourth-order valence-electron chi connectivity index (χ4n) is 5.96. The van der Waals surface area contributed by atoms with E-state index in [4.69, 9.17) is 4.74 Å². The van der Waals surface area contributed by atoms with E-state index in [0.717, 1.165) is 31.7 Å². The highest BCUT2D eigenvalue weighted by Crippen LogP contribution is 2.40. The van der Waals surface area contributed by atoms with Gasteiger partial charge in [-0.25, -0.2) is 18.0 Å². The first-order chi connectivity index (χ1) is 17.7. The normalized spacial score (nSPS) is 25.0. The molecule has 0 bridgehead atoms. The molecule has 2 fully saturated rings. The van der Waals surface area contributed by atoms with Gasteiger partial charge in [-0.2, -0.15) is 4.39 Å². The monoisotopic (exact) mass is 522 g/mol. The second-order valence-electron chi connectivity index (χ2n) is 10.5. The lowest BCUT2D eigenvalue weighted by atomic mass is 9.76. The number of carbonyl (C=O) groups is 1. The lowest BCUT2D eigenvalue weighted by Crippen LogP contribution is -2.26. The first kappa shape index (κ1) is 27.4. The number of aliphatic hydroxyl groups excluding tert-OH is 1. The van der Waals surface area contributed by atoms with E-state index in [0.29, 0.717) is 38.5 Å². The summed E-state index contributed by atoms with van der Waals surface area (Å²) in [5.41, 5.74) is -0.0408. The van der Waals surface area contributed by atoms with Crippen molar-refractivity contribution in [3.05, 3.63) is 64.2 Å². The molecule has 0 amide bonds. The summed E-state index contributed by atoms with van der Waals surface area (Å²) >= 11 is 0. The third-order valence-corrected chi connectivity index (χ3v) is 8.15. The zero-order valence-corrected chi connectivity index (χ0v) is 21.0. The molecule has 2 aliphatic carbocycles. The average Bonchev–Trinajstić information content (AvgIpc) is 2.90. The number of phenolic OH excluding ortho intramolecular Hbond substituents is 1.